The molecule has 0 amide bonds. The fourth-order valence-electron chi connectivity index (χ4n) is 3.10. The molecule has 0 saturated heterocycles. The van der Waals surface area contributed by atoms with Gasteiger partial charge in [0.2, 0.25) is 0 Å². The zero-order valence-electron chi connectivity index (χ0n) is 12.3. The van der Waals surface area contributed by atoms with E-state index in [0.717, 1.165) is 5.17 Å². The first-order valence-corrected chi connectivity index (χ1v) is 8.87. The van der Waals surface area contributed by atoms with Gasteiger partial charge in [-0.2, -0.15) is 0 Å². The second-order valence-electron chi connectivity index (χ2n) is 6.06. The van der Waals surface area contributed by atoms with Crippen molar-refractivity contribution in [3.63, 3.8) is 0 Å². The summed E-state index contributed by atoms with van der Waals surface area (Å²) >= 11 is 1.89. The van der Waals surface area contributed by atoms with Crippen molar-refractivity contribution in [2.24, 2.45) is 4.99 Å². The minimum Gasteiger partial charge on any atom is -0.335 e. The number of unbranched alkanes of at least 4 members (excludes halogenated alkanes) is 1. The Morgan fingerprint density at radius 2 is 1.95 bits per heavy atom. The van der Waals surface area contributed by atoms with Crippen molar-refractivity contribution >= 4 is 22.6 Å². The number of nitrogens with zero attached hydrogens (tertiary/aromatic N) is 1. The zero-order chi connectivity index (χ0) is 13.8. The Labute approximate surface area is 126 Å². The molecule has 2 aliphatic rings. The minimum absolute atomic E-state index is 0.272. The fraction of sp³-hybridized carbons (Fsp3) is 0.588. The van der Waals surface area contributed by atoms with Crippen LogP contribution in [0.1, 0.15) is 51.0 Å². The van der Waals surface area contributed by atoms with Crippen LogP contribution in [0.5, 0.6) is 0 Å². The number of aliphatic imine (C=N–C) groups is 1. The maximum atomic E-state index is 4.95. The van der Waals surface area contributed by atoms with E-state index in [4.69, 9.17) is 4.99 Å². The van der Waals surface area contributed by atoms with E-state index in [1.807, 2.05) is 11.8 Å². The maximum absolute atomic E-state index is 4.95. The van der Waals surface area contributed by atoms with Crippen molar-refractivity contribution in [3.8, 4) is 0 Å². The molecule has 1 aromatic carbocycles. The van der Waals surface area contributed by atoms with Crippen LogP contribution < -0.4 is 5.32 Å². The Morgan fingerprint density at radius 1 is 1.20 bits per heavy atom. The van der Waals surface area contributed by atoms with Crippen LogP contribution in [0.15, 0.2) is 29.3 Å². The SMILES string of the molecule is CCCCc1ccc(NC2=NC3(CCCC3)CS2)cc1. The largest absolute Gasteiger partial charge is 0.335 e. The number of nitrogens with one attached hydrogen (secondary N) is 1. The Kier molecular flexibility index (Phi) is 4.35. The maximum Gasteiger partial charge on any atom is 0.161 e. The lowest BCUT2D eigenvalue weighted by Gasteiger charge is -2.16. The normalized spacial score (nSPS) is 20.4. The van der Waals surface area contributed by atoms with Crippen LogP contribution in [0.3, 0.4) is 0 Å². The van der Waals surface area contributed by atoms with E-state index in [1.54, 1.807) is 0 Å². The summed E-state index contributed by atoms with van der Waals surface area (Å²) in [6.07, 6.45) is 8.98. The highest BCUT2D eigenvalue weighted by atomic mass is 32.2. The van der Waals surface area contributed by atoms with Gasteiger partial charge in [-0.25, -0.2) is 0 Å². The standard InChI is InChI=1S/C17H24N2S/c1-2-3-6-14-7-9-15(10-8-14)18-16-19-17(13-20-16)11-4-5-12-17/h7-10H,2-6,11-13H2,1H3,(H,18,19). The molecular weight excluding hydrogens is 264 g/mol. The van der Waals surface area contributed by atoms with Crippen LogP contribution in [0.2, 0.25) is 0 Å². The second-order valence-corrected chi connectivity index (χ2v) is 7.03. The third kappa shape index (κ3) is 3.20. The summed E-state index contributed by atoms with van der Waals surface area (Å²) < 4.78 is 0. The molecule has 1 aliphatic carbocycles. The summed E-state index contributed by atoms with van der Waals surface area (Å²) in [6, 6.07) is 8.86. The van der Waals surface area contributed by atoms with Crippen LogP contribution >= 0.6 is 11.8 Å². The van der Waals surface area contributed by atoms with Gasteiger partial charge >= 0.3 is 0 Å². The predicted octanol–water partition coefficient (Wildman–Crippen LogP) is 4.86. The van der Waals surface area contributed by atoms with Crippen LogP contribution in [0, 0.1) is 0 Å². The molecule has 2 nitrogen and oxygen atoms in total. The Hall–Kier alpha value is -0.960. The smallest absolute Gasteiger partial charge is 0.161 e. The van der Waals surface area contributed by atoms with Gasteiger partial charge in [0.05, 0.1) is 5.54 Å². The van der Waals surface area contributed by atoms with Gasteiger partial charge in [-0.1, -0.05) is 50.1 Å². The summed E-state index contributed by atoms with van der Waals surface area (Å²) in [7, 11) is 0. The van der Waals surface area contributed by atoms with Crippen molar-refractivity contribution in [1.29, 1.82) is 0 Å². The van der Waals surface area contributed by atoms with Gasteiger partial charge in [0.1, 0.15) is 0 Å². The average Bonchev–Trinajstić information content (AvgIpc) is 3.09. The first kappa shape index (κ1) is 14.0. The quantitative estimate of drug-likeness (QED) is 0.856. The number of benzene rings is 1. The fourth-order valence-corrected chi connectivity index (χ4v) is 4.30. The second kappa shape index (κ2) is 6.21. The molecule has 1 saturated carbocycles. The number of hydrogen-bond acceptors (Lipinski definition) is 3. The molecule has 3 heteroatoms. The van der Waals surface area contributed by atoms with Gasteiger partial charge in [-0.05, 0) is 43.4 Å². The number of thioether (sulfide) groups is 1. The lowest BCUT2D eigenvalue weighted by Crippen LogP contribution is -2.21. The lowest BCUT2D eigenvalue weighted by atomic mass is 10.0. The number of rotatable bonds is 4. The third-order valence-corrected chi connectivity index (χ3v) is 5.52. The van der Waals surface area contributed by atoms with Crippen LogP contribution in [-0.2, 0) is 6.42 Å². The topological polar surface area (TPSA) is 24.4 Å². The molecule has 1 aliphatic heterocycles. The summed E-state index contributed by atoms with van der Waals surface area (Å²) in [5, 5.41) is 4.61. The van der Waals surface area contributed by atoms with E-state index < -0.39 is 0 Å². The summed E-state index contributed by atoms with van der Waals surface area (Å²) in [4.78, 5) is 4.95. The molecule has 0 aromatic heterocycles. The van der Waals surface area contributed by atoms with Gasteiger partial charge in [-0.3, -0.25) is 4.99 Å². The number of anilines is 1. The molecule has 0 radical (unpaired) electrons. The molecule has 1 heterocycles. The Balaban J connectivity index is 1.60. The highest BCUT2D eigenvalue weighted by molar-refractivity contribution is 8.14. The summed E-state index contributed by atoms with van der Waals surface area (Å²) in [5.74, 6) is 1.17. The highest BCUT2D eigenvalue weighted by Crippen LogP contribution is 2.41. The molecule has 1 N–H and O–H groups in total. The van der Waals surface area contributed by atoms with Gasteiger partial charge in [-0.15, -0.1) is 0 Å². The van der Waals surface area contributed by atoms with Crippen LogP contribution in [0.4, 0.5) is 5.69 Å². The third-order valence-electron chi connectivity index (χ3n) is 4.37. The van der Waals surface area contributed by atoms with E-state index in [-0.39, 0.29) is 5.54 Å². The molecule has 20 heavy (non-hydrogen) atoms. The number of aryl methyl sites for hydroxylation is 1. The van der Waals surface area contributed by atoms with Crippen molar-refractivity contribution in [1.82, 2.24) is 0 Å². The molecule has 1 aromatic rings. The number of amidine groups is 1. The summed E-state index contributed by atoms with van der Waals surface area (Å²) in [5.41, 5.74) is 2.88. The van der Waals surface area contributed by atoms with Crippen molar-refractivity contribution in [2.75, 3.05) is 11.1 Å². The minimum atomic E-state index is 0.272. The van der Waals surface area contributed by atoms with Gasteiger partial charge < -0.3 is 5.32 Å². The van der Waals surface area contributed by atoms with E-state index >= 15 is 0 Å². The molecule has 0 bridgehead atoms. The number of hydrogen-bond donors (Lipinski definition) is 1. The van der Waals surface area contributed by atoms with Crippen LogP contribution in [-0.4, -0.2) is 16.5 Å². The Bertz CT molecular complexity index is 472. The van der Waals surface area contributed by atoms with E-state index in [1.165, 1.54) is 61.9 Å². The zero-order valence-corrected chi connectivity index (χ0v) is 13.1. The summed E-state index contributed by atoms with van der Waals surface area (Å²) in [6.45, 7) is 2.24. The van der Waals surface area contributed by atoms with Crippen molar-refractivity contribution in [3.05, 3.63) is 29.8 Å². The molecule has 0 unspecified atom stereocenters. The molecular formula is C17H24N2S. The molecule has 1 spiro atoms. The van der Waals surface area contributed by atoms with E-state index in [2.05, 4.69) is 36.5 Å². The van der Waals surface area contributed by atoms with Gasteiger partial charge in [0, 0.05) is 11.4 Å². The Morgan fingerprint density at radius 3 is 2.65 bits per heavy atom. The average molecular weight is 288 g/mol. The van der Waals surface area contributed by atoms with Gasteiger partial charge in [0.15, 0.2) is 5.17 Å². The molecule has 1 fully saturated rings. The van der Waals surface area contributed by atoms with Crippen LogP contribution in [0.25, 0.3) is 0 Å². The molecule has 108 valence electrons. The first-order chi connectivity index (χ1) is 9.80. The first-order valence-electron chi connectivity index (χ1n) is 7.88. The predicted molar refractivity (Wildman–Crippen MR) is 89.8 cm³/mol. The molecule has 0 atom stereocenters. The lowest BCUT2D eigenvalue weighted by molar-refractivity contribution is 0.508. The monoisotopic (exact) mass is 288 g/mol. The van der Waals surface area contributed by atoms with Crippen molar-refractivity contribution in [2.45, 2.75) is 57.4 Å². The molecule has 3 rings (SSSR count). The van der Waals surface area contributed by atoms with Gasteiger partial charge in [0.25, 0.3) is 0 Å². The van der Waals surface area contributed by atoms with Crippen molar-refractivity contribution < 1.29 is 0 Å². The highest BCUT2D eigenvalue weighted by Gasteiger charge is 2.38. The van der Waals surface area contributed by atoms with E-state index in [9.17, 15) is 0 Å². The van der Waals surface area contributed by atoms with E-state index in [0.29, 0.717) is 0 Å².